The molecule has 0 spiro atoms. The van der Waals surface area contributed by atoms with Crippen LogP contribution in [0.3, 0.4) is 0 Å². The molecular formula is C20H22N8O. The molecule has 0 saturated carbocycles. The molecule has 1 fully saturated rings. The lowest BCUT2D eigenvalue weighted by atomic mass is 10.2. The van der Waals surface area contributed by atoms with E-state index in [1.807, 2.05) is 32.0 Å². The molecule has 148 valence electrons. The van der Waals surface area contributed by atoms with Gasteiger partial charge >= 0.3 is 0 Å². The van der Waals surface area contributed by atoms with E-state index in [0.29, 0.717) is 37.7 Å². The topological polar surface area (TPSA) is 100 Å². The number of nitrogens with zero attached hydrogens (tertiary/aromatic N) is 7. The van der Waals surface area contributed by atoms with E-state index in [9.17, 15) is 4.79 Å². The number of anilines is 3. The SMILES string of the molecule is Cc1ccnc(Nc2cc(N3CCN(C(=O)c4cnc(C)cn4)CC3)ncn2)c1. The maximum Gasteiger partial charge on any atom is 0.274 e. The Balaban J connectivity index is 1.39. The van der Waals surface area contributed by atoms with E-state index in [-0.39, 0.29) is 5.91 Å². The molecule has 4 rings (SSSR count). The minimum atomic E-state index is -0.0901. The van der Waals surface area contributed by atoms with Gasteiger partial charge in [-0.05, 0) is 31.5 Å². The summed E-state index contributed by atoms with van der Waals surface area (Å²) in [5.74, 6) is 2.15. The van der Waals surface area contributed by atoms with Crippen LogP contribution < -0.4 is 10.2 Å². The van der Waals surface area contributed by atoms with Gasteiger partial charge < -0.3 is 15.1 Å². The number of piperazine rings is 1. The molecule has 1 N–H and O–H groups in total. The van der Waals surface area contributed by atoms with Gasteiger partial charge in [0.15, 0.2) is 0 Å². The van der Waals surface area contributed by atoms with Crippen LogP contribution in [-0.4, -0.2) is 61.9 Å². The van der Waals surface area contributed by atoms with Crippen LogP contribution >= 0.6 is 0 Å². The second-order valence-corrected chi connectivity index (χ2v) is 6.93. The Bertz CT molecular complexity index is 999. The van der Waals surface area contributed by atoms with Crippen LogP contribution in [0.4, 0.5) is 17.5 Å². The van der Waals surface area contributed by atoms with Crippen LogP contribution in [0.25, 0.3) is 0 Å². The summed E-state index contributed by atoms with van der Waals surface area (Å²) in [6, 6.07) is 5.80. The summed E-state index contributed by atoms with van der Waals surface area (Å²) in [5, 5.41) is 3.21. The van der Waals surface area contributed by atoms with Gasteiger partial charge in [0.25, 0.3) is 5.91 Å². The predicted molar refractivity (Wildman–Crippen MR) is 109 cm³/mol. The monoisotopic (exact) mass is 390 g/mol. The van der Waals surface area contributed by atoms with Gasteiger partial charge in [0.2, 0.25) is 0 Å². The molecule has 0 radical (unpaired) electrons. The molecule has 9 heteroatoms. The van der Waals surface area contributed by atoms with Gasteiger partial charge in [0.1, 0.15) is 29.5 Å². The smallest absolute Gasteiger partial charge is 0.274 e. The summed E-state index contributed by atoms with van der Waals surface area (Å²) in [6.07, 6.45) is 6.44. The number of nitrogens with one attached hydrogen (secondary N) is 1. The number of pyridine rings is 1. The second-order valence-electron chi connectivity index (χ2n) is 6.93. The van der Waals surface area contributed by atoms with Gasteiger partial charge in [-0.2, -0.15) is 0 Å². The molecule has 3 aromatic heterocycles. The summed E-state index contributed by atoms with van der Waals surface area (Å²) in [5.41, 5.74) is 2.29. The summed E-state index contributed by atoms with van der Waals surface area (Å²) in [7, 11) is 0. The third-order valence-corrected chi connectivity index (χ3v) is 4.72. The van der Waals surface area contributed by atoms with Gasteiger partial charge in [0, 0.05) is 44.6 Å². The highest BCUT2D eigenvalue weighted by Crippen LogP contribution is 2.19. The Labute approximate surface area is 168 Å². The van der Waals surface area contributed by atoms with Crippen molar-refractivity contribution in [2.45, 2.75) is 13.8 Å². The van der Waals surface area contributed by atoms with E-state index in [1.165, 1.54) is 12.5 Å². The molecular weight excluding hydrogens is 368 g/mol. The first-order valence-corrected chi connectivity index (χ1v) is 9.43. The van der Waals surface area contributed by atoms with E-state index >= 15 is 0 Å². The van der Waals surface area contributed by atoms with E-state index in [2.05, 4.69) is 35.1 Å². The Morgan fingerprint density at radius 3 is 2.45 bits per heavy atom. The van der Waals surface area contributed by atoms with Crippen molar-refractivity contribution in [2.75, 3.05) is 36.4 Å². The fraction of sp³-hybridized carbons (Fsp3) is 0.300. The first kappa shape index (κ1) is 18.7. The zero-order valence-corrected chi connectivity index (χ0v) is 16.4. The summed E-state index contributed by atoms with van der Waals surface area (Å²) >= 11 is 0. The maximum atomic E-state index is 12.6. The molecule has 1 amide bonds. The van der Waals surface area contributed by atoms with Crippen molar-refractivity contribution in [3.8, 4) is 0 Å². The van der Waals surface area contributed by atoms with Crippen LogP contribution in [0.2, 0.25) is 0 Å². The van der Waals surface area contributed by atoms with Crippen molar-refractivity contribution < 1.29 is 4.79 Å². The third-order valence-electron chi connectivity index (χ3n) is 4.72. The largest absolute Gasteiger partial charge is 0.353 e. The number of aryl methyl sites for hydroxylation is 2. The van der Waals surface area contributed by atoms with Crippen molar-refractivity contribution in [3.63, 3.8) is 0 Å². The Kier molecular flexibility index (Phi) is 5.28. The van der Waals surface area contributed by atoms with Gasteiger partial charge in [-0.15, -0.1) is 0 Å². The van der Waals surface area contributed by atoms with Gasteiger partial charge in [0.05, 0.1) is 11.9 Å². The zero-order valence-electron chi connectivity index (χ0n) is 16.4. The second kappa shape index (κ2) is 8.17. The highest BCUT2D eigenvalue weighted by Gasteiger charge is 2.24. The Morgan fingerprint density at radius 1 is 0.931 bits per heavy atom. The lowest BCUT2D eigenvalue weighted by Gasteiger charge is -2.35. The number of carbonyl (C=O) groups is 1. The molecule has 0 aromatic carbocycles. The Hall–Kier alpha value is -3.62. The van der Waals surface area contributed by atoms with Crippen molar-refractivity contribution >= 4 is 23.4 Å². The summed E-state index contributed by atoms with van der Waals surface area (Å²) in [4.78, 5) is 37.9. The molecule has 0 bridgehead atoms. The number of rotatable bonds is 4. The quantitative estimate of drug-likeness (QED) is 0.722. The first-order valence-electron chi connectivity index (χ1n) is 9.43. The Morgan fingerprint density at radius 2 is 1.72 bits per heavy atom. The molecule has 0 aliphatic carbocycles. The van der Waals surface area contributed by atoms with Crippen molar-refractivity contribution in [1.82, 2.24) is 29.8 Å². The lowest BCUT2D eigenvalue weighted by Crippen LogP contribution is -2.49. The molecule has 3 aromatic rings. The van der Waals surface area contributed by atoms with Crippen molar-refractivity contribution in [1.29, 1.82) is 0 Å². The highest BCUT2D eigenvalue weighted by molar-refractivity contribution is 5.92. The van der Waals surface area contributed by atoms with E-state index in [1.54, 1.807) is 17.3 Å². The van der Waals surface area contributed by atoms with Crippen LogP contribution in [0, 0.1) is 13.8 Å². The number of aromatic nitrogens is 5. The molecule has 0 atom stereocenters. The molecule has 1 saturated heterocycles. The summed E-state index contributed by atoms with van der Waals surface area (Å²) in [6.45, 7) is 6.43. The van der Waals surface area contributed by atoms with Crippen molar-refractivity contribution in [2.24, 2.45) is 0 Å². The fourth-order valence-electron chi connectivity index (χ4n) is 3.13. The zero-order chi connectivity index (χ0) is 20.2. The van der Waals surface area contributed by atoms with Gasteiger partial charge in [-0.1, -0.05) is 0 Å². The van der Waals surface area contributed by atoms with Gasteiger partial charge in [-0.3, -0.25) is 9.78 Å². The van der Waals surface area contributed by atoms with Crippen LogP contribution in [0.1, 0.15) is 21.7 Å². The van der Waals surface area contributed by atoms with Crippen LogP contribution in [-0.2, 0) is 0 Å². The molecule has 9 nitrogen and oxygen atoms in total. The number of hydrogen-bond acceptors (Lipinski definition) is 8. The normalized spacial score (nSPS) is 14.0. The number of carbonyl (C=O) groups excluding carboxylic acids is 1. The molecule has 1 aliphatic rings. The molecule has 0 unspecified atom stereocenters. The fourth-order valence-corrected chi connectivity index (χ4v) is 3.13. The average molecular weight is 390 g/mol. The highest BCUT2D eigenvalue weighted by atomic mass is 16.2. The first-order chi connectivity index (χ1) is 14.1. The van der Waals surface area contributed by atoms with Gasteiger partial charge in [-0.25, -0.2) is 19.9 Å². The number of amides is 1. The maximum absolute atomic E-state index is 12.6. The summed E-state index contributed by atoms with van der Waals surface area (Å²) < 4.78 is 0. The predicted octanol–water partition coefficient (Wildman–Crippen LogP) is 1.98. The standard InChI is InChI=1S/C20H22N8O/c1-14-3-4-21-17(9-14)26-18-10-19(25-13-24-18)27-5-7-28(8-6-27)20(29)16-12-22-15(2)11-23-16/h3-4,9-13H,5-8H2,1-2H3,(H,21,24,25,26). The third kappa shape index (κ3) is 4.45. The van der Waals surface area contributed by atoms with E-state index in [4.69, 9.17) is 0 Å². The molecule has 1 aliphatic heterocycles. The minimum Gasteiger partial charge on any atom is -0.353 e. The number of hydrogen-bond donors (Lipinski definition) is 1. The molecule has 29 heavy (non-hydrogen) atoms. The molecule has 4 heterocycles. The van der Waals surface area contributed by atoms with E-state index < -0.39 is 0 Å². The average Bonchev–Trinajstić information content (AvgIpc) is 2.74. The van der Waals surface area contributed by atoms with Crippen LogP contribution in [0.15, 0.2) is 43.1 Å². The van der Waals surface area contributed by atoms with Crippen LogP contribution in [0.5, 0.6) is 0 Å². The minimum absolute atomic E-state index is 0.0901. The van der Waals surface area contributed by atoms with Crippen molar-refractivity contribution in [3.05, 3.63) is 60.1 Å². The van der Waals surface area contributed by atoms with E-state index in [0.717, 1.165) is 22.9 Å². The lowest BCUT2D eigenvalue weighted by molar-refractivity contribution is 0.0740.